The van der Waals surface area contributed by atoms with Crippen LogP contribution in [0, 0.1) is 0 Å². The van der Waals surface area contributed by atoms with Crippen molar-refractivity contribution in [2.45, 2.75) is 98.6 Å². The van der Waals surface area contributed by atoms with Gasteiger partial charge in [0.1, 0.15) is 11.5 Å². The number of benzene rings is 4. The van der Waals surface area contributed by atoms with Gasteiger partial charge in [0, 0.05) is 34.3 Å². The maximum atomic E-state index is 17.5. The standard InChI is InChI=1S/C40H39ClF5N3O7S/c1-54-35-20-26(10-17-34(35)23-6-11-27(41)12-7-23)39(42,43)36(37(50)48-29-13-14-30(48)22-28(47)21-29)49(56-38(51)40(44,45)46)57(52,53)33-16-9-24-18-32(15-8-25(24)19-33)55-31-4-2-3-5-31/h6-12,15-20,28-31,36H,2-5,13-14,21-22,47H2,1H3/t28?,29?,30?,36-/m0/s1. The number of hydrogen-bond donors (Lipinski definition) is 1. The van der Waals surface area contributed by atoms with Gasteiger partial charge >= 0.3 is 18.1 Å². The number of carbonyl (C=O) groups excluding carboxylic acids is 2. The molecule has 0 aromatic heterocycles. The molecule has 3 atom stereocenters. The Morgan fingerprint density at radius 3 is 2.12 bits per heavy atom. The minimum atomic E-state index is -5.85. The number of nitrogens with zero attached hydrogens (tertiary/aromatic N) is 2. The van der Waals surface area contributed by atoms with Gasteiger partial charge in [-0.2, -0.15) is 22.0 Å². The monoisotopic (exact) mass is 835 g/mol. The zero-order valence-electron chi connectivity index (χ0n) is 30.6. The molecule has 17 heteroatoms. The molecule has 2 bridgehead atoms. The Morgan fingerprint density at radius 1 is 0.860 bits per heavy atom. The molecule has 2 saturated heterocycles. The van der Waals surface area contributed by atoms with Gasteiger partial charge in [0.05, 0.1) is 18.1 Å². The van der Waals surface area contributed by atoms with Gasteiger partial charge in [0.2, 0.25) is 6.04 Å². The Kier molecular flexibility index (Phi) is 11.2. The van der Waals surface area contributed by atoms with E-state index >= 15 is 8.78 Å². The van der Waals surface area contributed by atoms with E-state index in [1.54, 1.807) is 36.4 Å². The van der Waals surface area contributed by atoms with Crippen LogP contribution in [0.2, 0.25) is 5.02 Å². The van der Waals surface area contributed by atoms with Crippen molar-refractivity contribution in [1.82, 2.24) is 9.37 Å². The Bertz CT molecular complexity index is 2260. The Morgan fingerprint density at radius 2 is 1.49 bits per heavy atom. The van der Waals surface area contributed by atoms with Crippen LogP contribution in [0.3, 0.4) is 0 Å². The van der Waals surface area contributed by atoms with E-state index in [9.17, 15) is 31.2 Å². The van der Waals surface area contributed by atoms with Gasteiger partial charge in [-0.3, -0.25) is 4.79 Å². The van der Waals surface area contributed by atoms with Crippen molar-refractivity contribution >= 4 is 44.3 Å². The van der Waals surface area contributed by atoms with E-state index in [1.165, 1.54) is 25.3 Å². The fourth-order valence-corrected chi connectivity index (χ4v) is 9.65. The molecule has 2 N–H and O–H groups in total. The number of fused-ring (bicyclic) bond motifs is 3. The maximum Gasteiger partial charge on any atom is 0.492 e. The number of sulfonamides is 1. The van der Waals surface area contributed by atoms with Crippen molar-refractivity contribution in [1.29, 1.82) is 0 Å². The number of nitrogens with two attached hydrogens (primary N) is 1. The van der Waals surface area contributed by atoms with Crippen LogP contribution in [0.1, 0.15) is 56.9 Å². The van der Waals surface area contributed by atoms with E-state index in [-0.39, 0.29) is 30.1 Å². The molecule has 1 amide bonds. The molecule has 4 aromatic carbocycles. The van der Waals surface area contributed by atoms with Crippen molar-refractivity contribution in [3.63, 3.8) is 0 Å². The number of halogens is 6. The van der Waals surface area contributed by atoms with Crippen LogP contribution < -0.4 is 15.2 Å². The third-order valence-electron chi connectivity index (χ3n) is 10.9. The van der Waals surface area contributed by atoms with Gasteiger partial charge in [0.15, 0.2) is 0 Å². The predicted octanol–water partition coefficient (Wildman–Crippen LogP) is 8.14. The molecule has 1 aliphatic carbocycles. The first-order valence-electron chi connectivity index (χ1n) is 18.4. The summed E-state index contributed by atoms with van der Waals surface area (Å²) in [4.78, 5) is 31.9. The number of piperidine rings is 1. The van der Waals surface area contributed by atoms with Crippen molar-refractivity contribution in [2.24, 2.45) is 5.73 Å². The topological polar surface area (TPSA) is 128 Å². The summed E-state index contributed by atoms with van der Waals surface area (Å²) >= 11 is 6.02. The molecule has 7 rings (SSSR count). The summed E-state index contributed by atoms with van der Waals surface area (Å²) < 4.78 is 116. The van der Waals surface area contributed by atoms with Crippen molar-refractivity contribution in [3.8, 4) is 22.6 Å². The summed E-state index contributed by atoms with van der Waals surface area (Å²) in [5.41, 5.74) is 5.97. The van der Waals surface area contributed by atoms with E-state index in [1.807, 2.05) is 0 Å². The first-order valence-corrected chi connectivity index (χ1v) is 20.2. The number of carbonyl (C=O) groups is 2. The second kappa shape index (κ2) is 15.7. The van der Waals surface area contributed by atoms with Crippen molar-refractivity contribution in [2.75, 3.05) is 7.11 Å². The fourth-order valence-electron chi connectivity index (χ4n) is 8.13. The number of hydrogen-bond acceptors (Lipinski definition) is 8. The van der Waals surface area contributed by atoms with Crippen LogP contribution in [0.15, 0.2) is 83.8 Å². The number of alkyl halides is 5. The number of methoxy groups -OCH3 is 1. The molecular formula is C40H39ClF5N3O7S. The highest BCUT2D eigenvalue weighted by molar-refractivity contribution is 7.89. The van der Waals surface area contributed by atoms with E-state index in [4.69, 9.17) is 26.8 Å². The maximum absolute atomic E-state index is 17.5. The van der Waals surface area contributed by atoms with E-state index in [2.05, 4.69) is 4.84 Å². The molecule has 2 unspecified atom stereocenters. The Balaban J connectivity index is 1.35. The molecule has 57 heavy (non-hydrogen) atoms. The van der Waals surface area contributed by atoms with Crippen LogP contribution in [0.25, 0.3) is 21.9 Å². The third kappa shape index (κ3) is 8.14. The smallest absolute Gasteiger partial charge is 0.492 e. The molecule has 2 aliphatic heterocycles. The molecule has 1 saturated carbocycles. The largest absolute Gasteiger partial charge is 0.496 e. The molecular weight excluding hydrogens is 797 g/mol. The average molecular weight is 836 g/mol. The molecule has 4 aromatic rings. The molecule has 304 valence electrons. The average Bonchev–Trinajstić information content (AvgIpc) is 3.78. The number of amides is 1. The fraction of sp³-hybridized carbons (Fsp3) is 0.400. The normalized spacial score (nSPS) is 20.9. The lowest BCUT2D eigenvalue weighted by Crippen LogP contribution is -2.62. The third-order valence-corrected chi connectivity index (χ3v) is 12.7. The zero-order valence-corrected chi connectivity index (χ0v) is 32.1. The first kappa shape index (κ1) is 40.7. The second-order valence-electron chi connectivity index (χ2n) is 14.6. The number of rotatable bonds is 11. The summed E-state index contributed by atoms with van der Waals surface area (Å²) in [5.74, 6) is -8.98. The van der Waals surface area contributed by atoms with Crippen molar-refractivity contribution < 1.29 is 54.3 Å². The lowest BCUT2D eigenvalue weighted by atomic mass is 9.93. The summed E-state index contributed by atoms with van der Waals surface area (Å²) in [5, 5.41) is 1.11. The summed E-state index contributed by atoms with van der Waals surface area (Å²) in [6, 6.07) is 12.1. The van der Waals surface area contributed by atoms with Crippen molar-refractivity contribution in [3.05, 3.63) is 89.4 Å². The van der Waals surface area contributed by atoms with Crippen LogP contribution >= 0.6 is 11.6 Å². The van der Waals surface area contributed by atoms with Crippen LogP contribution in [-0.4, -0.2) is 73.2 Å². The van der Waals surface area contributed by atoms with Crippen LogP contribution in [0.5, 0.6) is 11.5 Å². The highest BCUT2D eigenvalue weighted by Gasteiger charge is 2.60. The Hall–Kier alpha value is -4.51. The Labute approximate surface area is 330 Å². The molecule has 3 fully saturated rings. The molecule has 10 nitrogen and oxygen atoms in total. The highest BCUT2D eigenvalue weighted by Crippen LogP contribution is 2.45. The summed E-state index contributed by atoms with van der Waals surface area (Å²) in [6.45, 7) is 0. The van der Waals surface area contributed by atoms with Crippen LogP contribution in [0.4, 0.5) is 22.0 Å². The van der Waals surface area contributed by atoms with Crippen LogP contribution in [-0.2, 0) is 30.4 Å². The lowest BCUT2D eigenvalue weighted by Gasteiger charge is -2.42. The molecule has 3 aliphatic rings. The lowest BCUT2D eigenvalue weighted by molar-refractivity contribution is -0.240. The van der Waals surface area contributed by atoms with E-state index in [0.717, 1.165) is 54.8 Å². The number of ether oxygens (including phenoxy) is 2. The number of hydroxylamine groups is 1. The summed E-state index contributed by atoms with van der Waals surface area (Å²) in [6.07, 6.45) is -1.04. The molecule has 0 radical (unpaired) electrons. The van der Waals surface area contributed by atoms with E-state index in [0.29, 0.717) is 40.1 Å². The second-order valence-corrected chi connectivity index (χ2v) is 16.9. The van der Waals surface area contributed by atoms with Gasteiger partial charge in [-0.1, -0.05) is 48.0 Å². The quantitative estimate of drug-likeness (QED) is 0.119. The molecule has 2 heterocycles. The van der Waals surface area contributed by atoms with Gasteiger partial charge in [-0.25, -0.2) is 13.2 Å². The minimum absolute atomic E-state index is 0.00889. The SMILES string of the molecule is COc1cc(C(F)(F)[C@H](C(=O)N2C3CCC2CC(N)C3)N(OC(=O)C(F)(F)F)S(=O)(=O)c2ccc3cc(OC4CCCC4)ccc3c2)ccc1-c1ccc(Cl)cc1. The van der Waals surface area contributed by atoms with Gasteiger partial charge < -0.3 is 24.9 Å². The predicted molar refractivity (Wildman–Crippen MR) is 200 cm³/mol. The first-order chi connectivity index (χ1) is 27.0. The minimum Gasteiger partial charge on any atom is -0.496 e. The zero-order chi connectivity index (χ0) is 40.9. The van der Waals surface area contributed by atoms with E-state index < -0.39 is 73.1 Å². The van der Waals surface area contributed by atoms with Gasteiger partial charge in [-0.05, 0) is 115 Å². The molecule has 0 spiro atoms. The van der Waals surface area contributed by atoms with Gasteiger partial charge in [-0.15, -0.1) is 0 Å². The van der Waals surface area contributed by atoms with Gasteiger partial charge in [0.25, 0.3) is 15.9 Å². The summed E-state index contributed by atoms with van der Waals surface area (Å²) in [7, 11) is -4.49. The highest BCUT2D eigenvalue weighted by atomic mass is 35.5.